The Morgan fingerprint density at radius 1 is 1.21 bits per heavy atom. The second-order valence-electron chi connectivity index (χ2n) is 7.43. The Morgan fingerprint density at radius 3 is 2.38 bits per heavy atom. The summed E-state index contributed by atoms with van der Waals surface area (Å²) < 4.78 is 33.3. The first kappa shape index (κ1) is 22.6. The summed E-state index contributed by atoms with van der Waals surface area (Å²) in [7, 11) is -3.99. The molecule has 9 nitrogen and oxygen atoms in total. The van der Waals surface area contributed by atoms with Gasteiger partial charge in [-0.3, -0.25) is 15.5 Å². The molecule has 0 saturated heterocycles. The lowest BCUT2D eigenvalue weighted by Gasteiger charge is -2.26. The number of non-ortho nitro benzene ring substituents is 1. The van der Waals surface area contributed by atoms with Gasteiger partial charge < -0.3 is 4.42 Å². The van der Waals surface area contributed by atoms with Crippen molar-refractivity contribution in [2.45, 2.75) is 32.6 Å². The Labute approximate surface area is 170 Å². The van der Waals surface area contributed by atoms with Crippen molar-refractivity contribution in [3.63, 3.8) is 0 Å². The van der Waals surface area contributed by atoms with Crippen molar-refractivity contribution in [3.8, 4) is 0 Å². The highest BCUT2D eigenvalue weighted by Gasteiger charge is 2.30. The van der Waals surface area contributed by atoms with Gasteiger partial charge in [0.2, 0.25) is 10.0 Å². The van der Waals surface area contributed by atoms with Crippen molar-refractivity contribution in [2.75, 3.05) is 18.5 Å². The standard InChI is InChI=1S/C19H26N4O5S/c1-14(2)12-22(13-15(3)4)29(26,27)19-10-16(23(24)25)7-8-18(19)21-20-11-17-6-5-9-28-17/h5-11,14-15,21H,12-13H2,1-4H3. The third-order valence-corrected chi connectivity index (χ3v) is 5.72. The molecule has 1 N–H and O–H groups in total. The zero-order valence-electron chi connectivity index (χ0n) is 16.9. The number of benzene rings is 1. The van der Waals surface area contributed by atoms with Crippen LogP contribution < -0.4 is 5.43 Å². The minimum Gasteiger partial charge on any atom is -0.463 e. The summed E-state index contributed by atoms with van der Waals surface area (Å²) in [4.78, 5) is 10.4. The SMILES string of the molecule is CC(C)CN(CC(C)C)S(=O)(=O)c1cc([N+](=O)[O-])ccc1NN=Cc1ccco1. The van der Waals surface area contributed by atoms with E-state index in [1.165, 1.54) is 28.9 Å². The molecule has 0 saturated carbocycles. The molecule has 158 valence electrons. The topological polar surface area (TPSA) is 118 Å². The smallest absolute Gasteiger partial charge is 0.270 e. The van der Waals surface area contributed by atoms with Crippen molar-refractivity contribution in [1.29, 1.82) is 0 Å². The summed E-state index contributed by atoms with van der Waals surface area (Å²) in [5, 5.41) is 15.2. The van der Waals surface area contributed by atoms with Crippen LogP contribution in [0, 0.1) is 22.0 Å². The normalized spacial score (nSPS) is 12.4. The number of nitrogens with one attached hydrogen (secondary N) is 1. The van der Waals surface area contributed by atoms with Crippen LogP contribution in [0.3, 0.4) is 0 Å². The molecule has 1 aromatic carbocycles. The summed E-state index contributed by atoms with van der Waals surface area (Å²) in [6, 6.07) is 7.02. The minimum atomic E-state index is -3.99. The van der Waals surface area contributed by atoms with E-state index in [0.717, 1.165) is 6.07 Å². The first-order valence-electron chi connectivity index (χ1n) is 9.22. The molecule has 0 atom stereocenters. The Balaban J connectivity index is 2.47. The maximum Gasteiger partial charge on any atom is 0.270 e. The van der Waals surface area contributed by atoms with Gasteiger partial charge in [0, 0.05) is 25.2 Å². The molecule has 29 heavy (non-hydrogen) atoms. The molecule has 0 unspecified atom stereocenters. The lowest BCUT2D eigenvalue weighted by molar-refractivity contribution is -0.385. The predicted molar refractivity (Wildman–Crippen MR) is 111 cm³/mol. The van der Waals surface area contributed by atoms with Gasteiger partial charge in [0.25, 0.3) is 5.69 Å². The number of hydrogen-bond donors (Lipinski definition) is 1. The number of furan rings is 1. The summed E-state index contributed by atoms with van der Waals surface area (Å²) in [6.07, 6.45) is 2.87. The van der Waals surface area contributed by atoms with E-state index in [4.69, 9.17) is 4.42 Å². The molecule has 0 spiro atoms. The summed E-state index contributed by atoms with van der Waals surface area (Å²) in [5.74, 6) is 0.663. The Bertz CT molecular complexity index is 943. The van der Waals surface area contributed by atoms with Gasteiger partial charge in [-0.05, 0) is 30.0 Å². The molecule has 2 rings (SSSR count). The zero-order valence-corrected chi connectivity index (χ0v) is 17.7. The quantitative estimate of drug-likeness (QED) is 0.352. The number of anilines is 1. The number of nitro benzene ring substituents is 1. The van der Waals surface area contributed by atoms with Crippen LogP contribution in [0.2, 0.25) is 0 Å². The predicted octanol–water partition coefficient (Wildman–Crippen LogP) is 3.94. The van der Waals surface area contributed by atoms with Crippen LogP contribution in [0.15, 0.2) is 51.0 Å². The first-order chi connectivity index (χ1) is 13.6. The Morgan fingerprint density at radius 2 is 1.86 bits per heavy atom. The second-order valence-corrected chi connectivity index (χ2v) is 9.34. The van der Waals surface area contributed by atoms with Gasteiger partial charge in [-0.2, -0.15) is 9.41 Å². The molecule has 1 heterocycles. The molecule has 2 aromatic rings. The van der Waals surface area contributed by atoms with Crippen LogP contribution >= 0.6 is 0 Å². The molecule has 0 amide bonds. The fourth-order valence-corrected chi connectivity index (χ4v) is 4.61. The van der Waals surface area contributed by atoms with Crippen LogP contribution in [0.25, 0.3) is 0 Å². The number of sulfonamides is 1. The van der Waals surface area contributed by atoms with Gasteiger partial charge in [-0.15, -0.1) is 0 Å². The van der Waals surface area contributed by atoms with Gasteiger partial charge in [-0.1, -0.05) is 27.7 Å². The molecule has 1 aromatic heterocycles. The fourth-order valence-electron chi connectivity index (χ4n) is 2.68. The molecule has 10 heteroatoms. The molecule has 0 fully saturated rings. The van der Waals surface area contributed by atoms with Crippen molar-refractivity contribution in [3.05, 3.63) is 52.5 Å². The van der Waals surface area contributed by atoms with Crippen molar-refractivity contribution in [2.24, 2.45) is 16.9 Å². The highest BCUT2D eigenvalue weighted by Crippen LogP contribution is 2.30. The molecule has 0 aliphatic carbocycles. The van der Waals surface area contributed by atoms with E-state index in [1.807, 2.05) is 27.7 Å². The zero-order chi connectivity index (χ0) is 21.6. The molecular formula is C19H26N4O5S. The van der Waals surface area contributed by atoms with E-state index in [0.29, 0.717) is 18.8 Å². The van der Waals surface area contributed by atoms with Gasteiger partial charge in [-0.25, -0.2) is 8.42 Å². The summed E-state index contributed by atoms with van der Waals surface area (Å²) in [5.41, 5.74) is 2.51. The molecular weight excluding hydrogens is 396 g/mol. The average Bonchev–Trinajstić information content (AvgIpc) is 3.13. The van der Waals surface area contributed by atoms with Gasteiger partial charge in [0.1, 0.15) is 10.7 Å². The van der Waals surface area contributed by atoms with Crippen molar-refractivity contribution < 1.29 is 17.8 Å². The molecule has 0 bridgehead atoms. The van der Waals surface area contributed by atoms with Crippen LogP contribution in [-0.2, 0) is 10.0 Å². The molecule has 0 aliphatic heterocycles. The van der Waals surface area contributed by atoms with E-state index in [1.54, 1.807) is 12.1 Å². The van der Waals surface area contributed by atoms with Gasteiger partial charge in [0.05, 0.1) is 23.1 Å². The number of rotatable bonds is 10. The highest BCUT2D eigenvalue weighted by molar-refractivity contribution is 7.89. The number of nitrogens with zero attached hydrogens (tertiary/aromatic N) is 3. The van der Waals surface area contributed by atoms with Gasteiger partial charge in [0.15, 0.2) is 0 Å². The van der Waals surface area contributed by atoms with E-state index in [-0.39, 0.29) is 28.1 Å². The van der Waals surface area contributed by atoms with Gasteiger partial charge >= 0.3 is 0 Å². The lowest BCUT2D eigenvalue weighted by Crippen LogP contribution is -2.37. The largest absolute Gasteiger partial charge is 0.463 e. The fraction of sp³-hybridized carbons (Fsp3) is 0.421. The van der Waals surface area contributed by atoms with Crippen LogP contribution in [0.1, 0.15) is 33.5 Å². The number of hydrogen-bond acceptors (Lipinski definition) is 7. The van der Waals surface area contributed by atoms with E-state index in [9.17, 15) is 18.5 Å². The Hall–Kier alpha value is -2.72. The monoisotopic (exact) mass is 422 g/mol. The minimum absolute atomic E-state index is 0.0932. The van der Waals surface area contributed by atoms with E-state index in [2.05, 4.69) is 10.5 Å². The van der Waals surface area contributed by atoms with Crippen molar-refractivity contribution >= 4 is 27.6 Å². The maximum absolute atomic E-state index is 13.4. The first-order valence-corrected chi connectivity index (χ1v) is 10.7. The molecule has 0 aliphatic rings. The highest BCUT2D eigenvalue weighted by atomic mass is 32.2. The number of nitro groups is 1. The second kappa shape index (κ2) is 9.66. The van der Waals surface area contributed by atoms with Crippen LogP contribution in [-0.4, -0.2) is 37.0 Å². The number of hydrazone groups is 1. The molecule has 0 radical (unpaired) electrons. The summed E-state index contributed by atoms with van der Waals surface area (Å²) >= 11 is 0. The Kier molecular flexibility index (Phi) is 7.52. The lowest BCUT2D eigenvalue weighted by atomic mass is 10.2. The van der Waals surface area contributed by atoms with E-state index < -0.39 is 14.9 Å². The third-order valence-electron chi connectivity index (χ3n) is 3.85. The maximum atomic E-state index is 13.4. The average molecular weight is 423 g/mol. The third kappa shape index (κ3) is 6.13. The van der Waals surface area contributed by atoms with E-state index >= 15 is 0 Å². The summed E-state index contributed by atoms with van der Waals surface area (Å²) in [6.45, 7) is 8.29. The van der Waals surface area contributed by atoms with Crippen molar-refractivity contribution in [1.82, 2.24) is 4.31 Å². The van der Waals surface area contributed by atoms with Crippen LogP contribution in [0.5, 0.6) is 0 Å². The van der Waals surface area contributed by atoms with Crippen LogP contribution in [0.4, 0.5) is 11.4 Å².